The third-order valence-corrected chi connectivity index (χ3v) is 3.59. The van der Waals surface area contributed by atoms with Gasteiger partial charge in [-0.2, -0.15) is 13.2 Å². The number of halogens is 3. The molecular formula is C14H17F3N2O2. The van der Waals surface area contributed by atoms with Crippen LogP contribution in [0.5, 0.6) is 0 Å². The van der Waals surface area contributed by atoms with E-state index in [0.29, 0.717) is 25.9 Å². The zero-order valence-corrected chi connectivity index (χ0v) is 11.6. The predicted molar refractivity (Wildman–Crippen MR) is 71.8 cm³/mol. The second-order valence-corrected chi connectivity index (χ2v) is 5.07. The van der Waals surface area contributed by atoms with Crippen molar-refractivity contribution in [1.29, 1.82) is 0 Å². The predicted octanol–water partition coefficient (Wildman–Crippen LogP) is 2.54. The summed E-state index contributed by atoms with van der Waals surface area (Å²) < 4.78 is 43.5. The maximum absolute atomic E-state index is 12.8. The smallest absolute Gasteiger partial charge is 0.399 e. The zero-order valence-electron chi connectivity index (χ0n) is 11.6. The van der Waals surface area contributed by atoms with Crippen LogP contribution in [0.15, 0.2) is 18.2 Å². The van der Waals surface area contributed by atoms with Gasteiger partial charge in [-0.25, -0.2) is 0 Å². The average molecular weight is 302 g/mol. The number of likely N-dealkylation sites (tertiary alicyclic amines) is 1. The van der Waals surface area contributed by atoms with Crippen LogP contribution in [-0.4, -0.2) is 37.1 Å². The maximum atomic E-state index is 12.8. The Morgan fingerprint density at radius 3 is 2.43 bits per heavy atom. The Bertz CT molecular complexity index is 523. The Kier molecular flexibility index (Phi) is 4.41. The van der Waals surface area contributed by atoms with Gasteiger partial charge in [-0.15, -0.1) is 0 Å². The summed E-state index contributed by atoms with van der Waals surface area (Å²) in [6.45, 7) is 0.932. The first kappa shape index (κ1) is 15.6. The Morgan fingerprint density at radius 2 is 1.90 bits per heavy atom. The molecule has 2 N–H and O–H groups in total. The van der Waals surface area contributed by atoms with E-state index < -0.39 is 17.6 Å². The Hall–Kier alpha value is -1.76. The molecule has 0 radical (unpaired) electrons. The maximum Gasteiger partial charge on any atom is 0.416 e. The monoisotopic (exact) mass is 302 g/mol. The van der Waals surface area contributed by atoms with Crippen LogP contribution in [0.3, 0.4) is 0 Å². The Balaban J connectivity index is 2.18. The summed E-state index contributed by atoms with van der Waals surface area (Å²) in [5.41, 5.74) is 4.47. The van der Waals surface area contributed by atoms with E-state index in [1.165, 1.54) is 11.0 Å². The minimum absolute atomic E-state index is 0.0295. The van der Waals surface area contributed by atoms with Crippen molar-refractivity contribution in [2.75, 3.05) is 25.9 Å². The lowest BCUT2D eigenvalue weighted by Crippen LogP contribution is -2.40. The second-order valence-electron chi connectivity index (χ2n) is 5.07. The van der Waals surface area contributed by atoms with E-state index in [9.17, 15) is 18.0 Å². The highest BCUT2D eigenvalue weighted by Gasteiger charge is 2.32. The number of hydrogen-bond acceptors (Lipinski definition) is 3. The average Bonchev–Trinajstić information content (AvgIpc) is 2.45. The number of amides is 1. The van der Waals surface area contributed by atoms with Crippen LogP contribution in [0, 0.1) is 0 Å². The van der Waals surface area contributed by atoms with Crippen LogP contribution in [0.1, 0.15) is 28.8 Å². The minimum Gasteiger partial charge on any atom is -0.399 e. The van der Waals surface area contributed by atoms with Crippen molar-refractivity contribution >= 4 is 11.6 Å². The molecule has 0 saturated carbocycles. The molecule has 4 nitrogen and oxygen atoms in total. The minimum atomic E-state index is -4.52. The number of rotatable bonds is 2. The van der Waals surface area contributed by atoms with Crippen molar-refractivity contribution in [2.24, 2.45) is 0 Å². The number of carbonyl (C=O) groups is 1. The molecule has 21 heavy (non-hydrogen) atoms. The standard InChI is InChI=1S/C14H17F3N2O2/c1-21-12-2-4-19(5-3-12)13(20)9-6-10(14(15,16)17)8-11(18)7-9/h6-8,12H,2-5,18H2,1H3. The lowest BCUT2D eigenvalue weighted by atomic mass is 10.0. The molecule has 1 fully saturated rings. The van der Waals surface area contributed by atoms with Crippen molar-refractivity contribution in [1.82, 2.24) is 4.90 Å². The number of alkyl halides is 3. The number of ether oxygens (including phenoxy) is 1. The highest BCUT2D eigenvalue weighted by molar-refractivity contribution is 5.95. The van der Waals surface area contributed by atoms with Gasteiger partial charge in [0.1, 0.15) is 0 Å². The van der Waals surface area contributed by atoms with Crippen LogP contribution in [0.2, 0.25) is 0 Å². The molecule has 1 aromatic rings. The highest BCUT2D eigenvalue weighted by atomic mass is 19.4. The van der Waals surface area contributed by atoms with E-state index in [1.54, 1.807) is 7.11 Å². The lowest BCUT2D eigenvalue weighted by Gasteiger charge is -2.31. The number of piperidine rings is 1. The fraction of sp³-hybridized carbons (Fsp3) is 0.500. The summed E-state index contributed by atoms with van der Waals surface area (Å²) in [7, 11) is 1.61. The third kappa shape index (κ3) is 3.66. The van der Waals surface area contributed by atoms with Gasteiger partial charge in [0.2, 0.25) is 0 Å². The highest BCUT2D eigenvalue weighted by Crippen LogP contribution is 2.31. The molecule has 0 unspecified atom stereocenters. The summed E-state index contributed by atoms with van der Waals surface area (Å²) >= 11 is 0. The van der Waals surface area contributed by atoms with Crippen molar-refractivity contribution in [3.63, 3.8) is 0 Å². The Morgan fingerprint density at radius 1 is 1.29 bits per heavy atom. The molecule has 0 aromatic heterocycles. The summed E-state index contributed by atoms with van der Waals surface area (Å²) in [4.78, 5) is 13.8. The van der Waals surface area contributed by atoms with Crippen molar-refractivity contribution < 1.29 is 22.7 Å². The number of hydrogen-bond donors (Lipinski definition) is 1. The summed E-state index contributed by atoms with van der Waals surface area (Å²) in [6.07, 6.45) is -3.07. The van der Waals surface area contributed by atoms with E-state index in [2.05, 4.69) is 0 Å². The molecular weight excluding hydrogens is 285 g/mol. The van der Waals surface area contributed by atoms with Gasteiger partial charge in [0.25, 0.3) is 5.91 Å². The molecule has 0 bridgehead atoms. The van der Waals surface area contributed by atoms with E-state index in [0.717, 1.165) is 12.1 Å². The molecule has 2 rings (SSSR count). The number of nitrogens with zero attached hydrogens (tertiary/aromatic N) is 1. The summed E-state index contributed by atoms with van der Waals surface area (Å²) in [5, 5.41) is 0. The number of benzene rings is 1. The van der Waals surface area contributed by atoms with Gasteiger partial charge < -0.3 is 15.4 Å². The van der Waals surface area contributed by atoms with Gasteiger partial charge in [-0.05, 0) is 31.0 Å². The van der Waals surface area contributed by atoms with Crippen LogP contribution >= 0.6 is 0 Å². The fourth-order valence-corrected chi connectivity index (χ4v) is 2.42. The quantitative estimate of drug-likeness (QED) is 0.854. The number of nitrogen functional groups attached to an aromatic ring is 1. The first-order valence-corrected chi connectivity index (χ1v) is 6.61. The van der Waals surface area contributed by atoms with E-state index >= 15 is 0 Å². The van der Waals surface area contributed by atoms with Crippen molar-refractivity contribution in [3.05, 3.63) is 29.3 Å². The van der Waals surface area contributed by atoms with E-state index in [1.807, 2.05) is 0 Å². The number of anilines is 1. The molecule has 7 heteroatoms. The third-order valence-electron chi connectivity index (χ3n) is 3.59. The largest absolute Gasteiger partial charge is 0.416 e. The zero-order chi connectivity index (χ0) is 15.6. The van der Waals surface area contributed by atoms with Crippen molar-refractivity contribution in [3.8, 4) is 0 Å². The molecule has 116 valence electrons. The molecule has 1 saturated heterocycles. The van der Waals surface area contributed by atoms with Gasteiger partial charge in [-0.3, -0.25) is 4.79 Å². The molecule has 1 amide bonds. The molecule has 1 aliphatic heterocycles. The topological polar surface area (TPSA) is 55.6 Å². The number of carbonyl (C=O) groups excluding carboxylic acids is 1. The Labute approximate surface area is 120 Å². The van der Waals surface area contributed by atoms with Gasteiger partial charge >= 0.3 is 6.18 Å². The summed E-state index contributed by atoms with van der Waals surface area (Å²) in [5.74, 6) is -0.428. The summed E-state index contributed by atoms with van der Waals surface area (Å²) in [6, 6.07) is 2.95. The first-order chi connectivity index (χ1) is 9.81. The molecule has 0 spiro atoms. The van der Waals surface area contributed by atoms with Crippen LogP contribution in [0.4, 0.5) is 18.9 Å². The normalized spacial score (nSPS) is 17.0. The molecule has 1 aliphatic rings. The van der Waals surface area contributed by atoms with Crippen LogP contribution in [-0.2, 0) is 10.9 Å². The molecule has 1 heterocycles. The van der Waals surface area contributed by atoms with Gasteiger partial charge in [0.05, 0.1) is 11.7 Å². The van der Waals surface area contributed by atoms with Crippen LogP contribution in [0.25, 0.3) is 0 Å². The molecule has 1 aromatic carbocycles. The van der Waals surface area contributed by atoms with Gasteiger partial charge in [0.15, 0.2) is 0 Å². The van der Waals surface area contributed by atoms with Gasteiger partial charge in [-0.1, -0.05) is 0 Å². The second kappa shape index (κ2) is 5.93. The SMILES string of the molecule is COC1CCN(C(=O)c2cc(N)cc(C(F)(F)F)c2)CC1. The van der Waals surface area contributed by atoms with E-state index in [-0.39, 0.29) is 17.4 Å². The molecule has 0 atom stereocenters. The number of nitrogens with two attached hydrogens (primary N) is 1. The number of methoxy groups -OCH3 is 1. The van der Waals surface area contributed by atoms with Crippen molar-refractivity contribution in [2.45, 2.75) is 25.1 Å². The molecule has 0 aliphatic carbocycles. The van der Waals surface area contributed by atoms with Crippen LogP contribution < -0.4 is 5.73 Å². The fourth-order valence-electron chi connectivity index (χ4n) is 2.42. The first-order valence-electron chi connectivity index (χ1n) is 6.61. The van der Waals surface area contributed by atoms with Gasteiger partial charge in [0, 0.05) is 31.5 Å². The van der Waals surface area contributed by atoms with E-state index in [4.69, 9.17) is 10.5 Å². The lowest BCUT2D eigenvalue weighted by molar-refractivity contribution is -0.137.